The number of fused-ring (bicyclic) bond motifs is 1. The summed E-state index contributed by atoms with van der Waals surface area (Å²) in [4.78, 5) is 16.3. The molecule has 2 aromatic rings. The molecule has 136 valence electrons. The summed E-state index contributed by atoms with van der Waals surface area (Å²) in [5.74, 6) is 0.623. The minimum Gasteiger partial charge on any atom is -0.376 e. The highest BCUT2D eigenvalue weighted by Gasteiger charge is 2.21. The Balaban J connectivity index is 1.36. The summed E-state index contributed by atoms with van der Waals surface area (Å²) < 4.78 is 8.81. The summed E-state index contributed by atoms with van der Waals surface area (Å²) in [7, 11) is 0. The van der Waals surface area contributed by atoms with E-state index >= 15 is 0 Å². The van der Waals surface area contributed by atoms with Crippen molar-refractivity contribution in [1.82, 2.24) is 20.0 Å². The number of imidazole rings is 1. The van der Waals surface area contributed by atoms with Gasteiger partial charge >= 0.3 is 6.03 Å². The summed E-state index contributed by atoms with van der Waals surface area (Å²) in [5, 5.41) is 5.66. The fourth-order valence-electron chi connectivity index (χ4n) is 3.24. The van der Waals surface area contributed by atoms with Crippen molar-refractivity contribution in [2.45, 2.75) is 45.3 Å². The molecule has 0 bridgehead atoms. The number of carbonyl (C=O) groups excluding carboxylic acids is 1. The van der Waals surface area contributed by atoms with E-state index in [0.717, 1.165) is 22.2 Å². The molecule has 6 nitrogen and oxygen atoms in total. The summed E-state index contributed by atoms with van der Waals surface area (Å²) in [6.45, 7) is 3.72. The number of aromatic nitrogens is 2. The summed E-state index contributed by atoms with van der Waals surface area (Å²) in [6.07, 6.45) is 9.13. The largest absolute Gasteiger partial charge is 0.376 e. The number of halogens is 1. The molecule has 2 heterocycles. The van der Waals surface area contributed by atoms with Crippen LogP contribution in [0, 0.1) is 5.92 Å². The van der Waals surface area contributed by atoms with E-state index in [4.69, 9.17) is 4.74 Å². The van der Waals surface area contributed by atoms with Crippen molar-refractivity contribution < 1.29 is 9.53 Å². The average Bonchev–Trinajstić information content (AvgIpc) is 3.00. The molecule has 1 aliphatic rings. The van der Waals surface area contributed by atoms with Gasteiger partial charge in [-0.2, -0.15) is 0 Å². The molecular formula is C18H25BrN4O2. The number of hydrogen-bond acceptors (Lipinski definition) is 3. The fourth-order valence-corrected chi connectivity index (χ4v) is 3.59. The van der Waals surface area contributed by atoms with Gasteiger partial charge in [0.2, 0.25) is 0 Å². The van der Waals surface area contributed by atoms with Crippen molar-refractivity contribution in [3.05, 3.63) is 34.7 Å². The Kier molecular flexibility index (Phi) is 6.31. The summed E-state index contributed by atoms with van der Waals surface area (Å²) >= 11 is 3.43. The van der Waals surface area contributed by atoms with Gasteiger partial charge in [-0.25, -0.2) is 9.78 Å². The molecule has 1 saturated carbocycles. The lowest BCUT2D eigenvalue weighted by atomic mass is 9.88. The van der Waals surface area contributed by atoms with E-state index in [9.17, 15) is 4.79 Å². The first-order valence-corrected chi connectivity index (χ1v) is 9.67. The van der Waals surface area contributed by atoms with Gasteiger partial charge in [-0.15, -0.1) is 0 Å². The minimum absolute atomic E-state index is 0.196. The molecule has 2 unspecified atom stereocenters. The Morgan fingerprint density at radius 2 is 2.16 bits per heavy atom. The first-order valence-electron chi connectivity index (χ1n) is 8.88. The van der Waals surface area contributed by atoms with Gasteiger partial charge < -0.3 is 19.8 Å². The predicted octanol–water partition coefficient (Wildman–Crippen LogP) is 3.49. The number of ether oxygens (including phenoxy) is 1. The van der Waals surface area contributed by atoms with Gasteiger partial charge in [0.15, 0.2) is 0 Å². The molecule has 0 saturated heterocycles. The van der Waals surface area contributed by atoms with E-state index in [0.29, 0.717) is 31.7 Å². The second kappa shape index (κ2) is 8.67. The number of carbonyl (C=O) groups is 1. The van der Waals surface area contributed by atoms with Crippen LogP contribution in [0.1, 0.15) is 38.3 Å². The lowest BCUT2D eigenvalue weighted by Crippen LogP contribution is -2.38. The van der Waals surface area contributed by atoms with Crippen molar-refractivity contribution >= 4 is 27.6 Å². The molecular weight excluding hydrogens is 384 g/mol. The molecule has 7 heteroatoms. The molecule has 0 aliphatic heterocycles. The third-order valence-electron chi connectivity index (χ3n) is 4.65. The standard InChI is InChI=1S/C18H25BrN4O2/c1-13-4-2-3-5-16(13)25-9-8-20-18(24)21-10-15-12-23-11-14(19)6-7-17(23)22-15/h6-7,11-13,16H,2-5,8-10H2,1H3,(H2,20,21,24). The van der Waals surface area contributed by atoms with Gasteiger partial charge in [0.1, 0.15) is 5.65 Å². The molecule has 0 radical (unpaired) electrons. The molecule has 1 fully saturated rings. The number of rotatable bonds is 6. The maximum absolute atomic E-state index is 11.9. The zero-order chi connectivity index (χ0) is 17.6. The first kappa shape index (κ1) is 18.2. The van der Waals surface area contributed by atoms with E-state index in [2.05, 4.69) is 38.5 Å². The quantitative estimate of drug-likeness (QED) is 0.718. The van der Waals surface area contributed by atoms with Gasteiger partial charge in [0, 0.05) is 23.4 Å². The van der Waals surface area contributed by atoms with Crippen LogP contribution in [-0.2, 0) is 11.3 Å². The van der Waals surface area contributed by atoms with Crippen LogP contribution in [0.2, 0.25) is 0 Å². The van der Waals surface area contributed by atoms with Crippen molar-refractivity contribution in [2.24, 2.45) is 5.92 Å². The topological polar surface area (TPSA) is 67.7 Å². The van der Waals surface area contributed by atoms with E-state index in [-0.39, 0.29) is 6.03 Å². The molecule has 1 aliphatic carbocycles. The average molecular weight is 409 g/mol. The van der Waals surface area contributed by atoms with Crippen molar-refractivity contribution in [3.63, 3.8) is 0 Å². The molecule has 0 aromatic carbocycles. The van der Waals surface area contributed by atoms with E-state index in [1.54, 1.807) is 0 Å². The number of nitrogens with one attached hydrogen (secondary N) is 2. The summed E-state index contributed by atoms with van der Waals surface area (Å²) in [5.41, 5.74) is 1.68. The lowest BCUT2D eigenvalue weighted by Gasteiger charge is -2.28. The number of nitrogens with zero attached hydrogens (tertiary/aromatic N) is 2. The van der Waals surface area contributed by atoms with Crippen LogP contribution in [0.15, 0.2) is 29.0 Å². The van der Waals surface area contributed by atoms with Gasteiger partial charge in [-0.3, -0.25) is 0 Å². The van der Waals surface area contributed by atoms with E-state index in [1.807, 2.05) is 28.9 Å². The van der Waals surface area contributed by atoms with Gasteiger partial charge in [0.05, 0.1) is 24.9 Å². The Morgan fingerprint density at radius 1 is 1.32 bits per heavy atom. The zero-order valence-electron chi connectivity index (χ0n) is 14.5. The molecule has 0 spiro atoms. The lowest BCUT2D eigenvalue weighted by molar-refractivity contribution is -0.00243. The van der Waals surface area contributed by atoms with E-state index < -0.39 is 0 Å². The van der Waals surface area contributed by atoms with Crippen LogP contribution in [0.3, 0.4) is 0 Å². The maximum Gasteiger partial charge on any atom is 0.315 e. The fraction of sp³-hybridized carbons (Fsp3) is 0.556. The monoisotopic (exact) mass is 408 g/mol. The van der Waals surface area contributed by atoms with Crippen LogP contribution in [0.5, 0.6) is 0 Å². The van der Waals surface area contributed by atoms with Crippen LogP contribution < -0.4 is 10.6 Å². The second-order valence-corrected chi connectivity index (χ2v) is 7.54. The van der Waals surface area contributed by atoms with Crippen LogP contribution in [-0.4, -0.2) is 34.7 Å². The van der Waals surface area contributed by atoms with Crippen molar-refractivity contribution in [3.8, 4) is 0 Å². The molecule has 3 rings (SSSR count). The minimum atomic E-state index is -0.196. The van der Waals surface area contributed by atoms with Crippen molar-refractivity contribution in [2.75, 3.05) is 13.2 Å². The summed E-state index contributed by atoms with van der Waals surface area (Å²) in [6, 6.07) is 3.68. The first-order chi connectivity index (χ1) is 12.1. The predicted molar refractivity (Wildman–Crippen MR) is 101 cm³/mol. The van der Waals surface area contributed by atoms with Crippen LogP contribution in [0.25, 0.3) is 5.65 Å². The SMILES string of the molecule is CC1CCCCC1OCCNC(=O)NCc1cn2cc(Br)ccc2n1. The molecule has 2 atom stereocenters. The van der Waals surface area contributed by atoms with Gasteiger partial charge in [0.25, 0.3) is 0 Å². The highest BCUT2D eigenvalue weighted by molar-refractivity contribution is 9.10. The number of amides is 2. The Hall–Kier alpha value is -1.60. The molecule has 2 amide bonds. The van der Waals surface area contributed by atoms with E-state index in [1.165, 1.54) is 19.3 Å². The second-order valence-electron chi connectivity index (χ2n) is 6.63. The zero-order valence-corrected chi connectivity index (χ0v) is 16.1. The molecule has 25 heavy (non-hydrogen) atoms. The van der Waals surface area contributed by atoms with Gasteiger partial charge in [-0.05, 0) is 46.8 Å². The normalized spacial score (nSPS) is 20.6. The van der Waals surface area contributed by atoms with Crippen LogP contribution >= 0.6 is 15.9 Å². The third kappa shape index (κ3) is 5.19. The Bertz CT molecular complexity index is 718. The number of urea groups is 1. The highest BCUT2D eigenvalue weighted by Crippen LogP contribution is 2.25. The Morgan fingerprint density at radius 3 is 3.00 bits per heavy atom. The maximum atomic E-state index is 11.9. The van der Waals surface area contributed by atoms with Gasteiger partial charge in [-0.1, -0.05) is 19.8 Å². The highest BCUT2D eigenvalue weighted by atomic mass is 79.9. The molecule has 2 aromatic heterocycles. The number of pyridine rings is 1. The smallest absolute Gasteiger partial charge is 0.315 e. The number of hydrogen-bond donors (Lipinski definition) is 2. The van der Waals surface area contributed by atoms with Crippen molar-refractivity contribution in [1.29, 1.82) is 0 Å². The molecule has 2 N–H and O–H groups in total. The Labute approximate surface area is 156 Å². The van der Waals surface area contributed by atoms with Crippen LogP contribution in [0.4, 0.5) is 4.79 Å². The third-order valence-corrected chi connectivity index (χ3v) is 5.12.